The average Bonchev–Trinajstić information content (AvgIpc) is 2.59. The first-order chi connectivity index (χ1) is 6.86. The van der Waals surface area contributed by atoms with Gasteiger partial charge in [0.05, 0.1) is 0 Å². The minimum Gasteiger partial charge on any atom is -0.515 e. The number of aryl methyl sites for hydroxylation is 1. The number of furan rings is 1. The van der Waals surface area contributed by atoms with Crippen molar-refractivity contribution in [3.63, 3.8) is 0 Å². The van der Waals surface area contributed by atoms with Crippen LogP contribution in [-0.2, 0) is 20.4 Å². The van der Waals surface area contributed by atoms with Gasteiger partial charge in [-0.15, -0.1) is 6.07 Å². The van der Waals surface area contributed by atoms with E-state index in [1.165, 1.54) is 16.3 Å². The molecular formula is C13H9ORe-. The predicted octanol–water partition coefficient (Wildman–Crippen LogP) is 3.69. The molecule has 3 rings (SSSR count). The van der Waals surface area contributed by atoms with Crippen molar-refractivity contribution in [1.29, 1.82) is 0 Å². The molecule has 1 heterocycles. The fourth-order valence-corrected chi connectivity index (χ4v) is 1.83. The van der Waals surface area contributed by atoms with E-state index in [1.54, 1.807) is 0 Å². The Morgan fingerprint density at radius 1 is 1.13 bits per heavy atom. The smallest absolute Gasteiger partial charge is 0.119 e. The topological polar surface area (TPSA) is 13.1 Å². The molecule has 3 aromatic rings. The summed E-state index contributed by atoms with van der Waals surface area (Å²) >= 11 is 0. The van der Waals surface area contributed by atoms with Gasteiger partial charge in [0.25, 0.3) is 0 Å². The van der Waals surface area contributed by atoms with Gasteiger partial charge in [-0.05, 0) is 12.5 Å². The number of hydrogen-bond donors (Lipinski definition) is 0. The summed E-state index contributed by atoms with van der Waals surface area (Å²) in [5.74, 6) is 0. The molecule has 0 spiro atoms. The molecule has 1 aromatic heterocycles. The van der Waals surface area contributed by atoms with E-state index in [9.17, 15) is 0 Å². The maximum absolute atomic E-state index is 5.75. The maximum atomic E-state index is 5.75. The van der Waals surface area contributed by atoms with Gasteiger partial charge < -0.3 is 4.42 Å². The Balaban J connectivity index is 0.000000853. The SMILES string of the molecule is Cc1cccc2c1oc1c[c-]ccc12.[Re]. The Morgan fingerprint density at radius 2 is 2.00 bits per heavy atom. The summed E-state index contributed by atoms with van der Waals surface area (Å²) in [5.41, 5.74) is 3.08. The number of para-hydroxylation sites is 1. The Hall–Kier alpha value is -1.10. The van der Waals surface area contributed by atoms with Crippen LogP contribution in [0.1, 0.15) is 5.56 Å². The van der Waals surface area contributed by atoms with Crippen LogP contribution in [0.25, 0.3) is 21.9 Å². The van der Waals surface area contributed by atoms with Crippen LogP contribution in [-0.4, -0.2) is 0 Å². The molecule has 0 fully saturated rings. The van der Waals surface area contributed by atoms with Gasteiger partial charge in [0.1, 0.15) is 5.58 Å². The molecular weight excluding hydrogens is 358 g/mol. The van der Waals surface area contributed by atoms with Crippen LogP contribution >= 0.6 is 0 Å². The molecule has 75 valence electrons. The molecule has 1 nitrogen and oxygen atoms in total. The van der Waals surface area contributed by atoms with Crippen LogP contribution in [0.5, 0.6) is 0 Å². The van der Waals surface area contributed by atoms with E-state index in [0.29, 0.717) is 0 Å². The van der Waals surface area contributed by atoms with Gasteiger partial charge in [0.15, 0.2) is 0 Å². The van der Waals surface area contributed by atoms with Gasteiger partial charge in [-0.25, -0.2) is 0 Å². The summed E-state index contributed by atoms with van der Waals surface area (Å²) in [6.45, 7) is 2.06. The Kier molecular flexibility index (Phi) is 2.65. The third-order valence-electron chi connectivity index (χ3n) is 2.54. The fraction of sp³-hybridized carbons (Fsp3) is 0.0769. The molecule has 0 amide bonds. The van der Waals surface area contributed by atoms with Crippen molar-refractivity contribution in [2.24, 2.45) is 0 Å². The quantitative estimate of drug-likeness (QED) is 0.553. The van der Waals surface area contributed by atoms with Crippen LogP contribution < -0.4 is 0 Å². The predicted molar refractivity (Wildman–Crippen MR) is 57.3 cm³/mol. The Morgan fingerprint density at radius 3 is 2.87 bits per heavy atom. The van der Waals surface area contributed by atoms with Crippen LogP contribution in [0, 0.1) is 13.0 Å². The molecule has 0 aliphatic heterocycles. The van der Waals surface area contributed by atoms with Gasteiger partial charge >= 0.3 is 0 Å². The summed E-state index contributed by atoms with van der Waals surface area (Å²) in [6.07, 6.45) is 0. The van der Waals surface area contributed by atoms with E-state index in [0.717, 1.165) is 11.2 Å². The molecule has 2 heteroatoms. The van der Waals surface area contributed by atoms with Crippen LogP contribution in [0.2, 0.25) is 0 Å². The van der Waals surface area contributed by atoms with Crippen molar-refractivity contribution in [2.45, 2.75) is 6.92 Å². The minimum atomic E-state index is 0. The molecule has 0 saturated heterocycles. The second kappa shape index (κ2) is 3.81. The first kappa shape index (κ1) is 10.4. The monoisotopic (exact) mass is 368 g/mol. The number of benzene rings is 2. The molecule has 0 atom stereocenters. The van der Waals surface area contributed by atoms with E-state index in [2.05, 4.69) is 31.2 Å². The molecule has 0 aliphatic rings. The van der Waals surface area contributed by atoms with Crippen molar-refractivity contribution in [2.75, 3.05) is 0 Å². The first-order valence-electron chi connectivity index (χ1n) is 4.64. The number of fused-ring (bicyclic) bond motifs is 3. The zero-order valence-electron chi connectivity index (χ0n) is 8.25. The standard InChI is InChI=1S/C13H9O.Re/c1-9-5-4-7-11-10-6-2-3-8-12(10)14-13(9)11;/h2,4-8H,1H3;/q-1;. The van der Waals surface area contributed by atoms with Crippen molar-refractivity contribution in [3.8, 4) is 0 Å². The van der Waals surface area contributed by atoms with E-state index in [-0.39, 0.29) is 20.4 Å². The van der Waals surface area contributed by atoms with Crippen LogP contribution in [0.3, 0.4) is 0 Å². The molecule has 0 bridgehead atoms. The largest absolute Gasteiger partial charge is 0.515 e. The van der Waals surface area contributed by atoms with E-state index in [1.807, 2.05) is 18.2 Å². The number of rotatable bonds is 0. The molecule has 0 saturated carbocycles. The maximum Gasteiger partial charge on any atom is 0.119 e. The zero-order chi connectivity index (χ0) is 9.54. The van der Waals surface area contributed by atoms with Crippen molar-refractivity contribution in [1.82, 2.24) is 0 Å². The normalized spacial score (nSPS) is 10.5. The second-order valence-corrected chi connectivity index (χ2v) is 3.48. The third-order valence-corrected chi connectivity index (χ3v) is 2.54. The fourth-order valence-electron chi connectivity index (χ4n) is 1.83. The molecule has 0 unspecified atom stereocenters. The van der Waals surface area contributed by atoms with Gasteiger partial charge in [-0.3, -0.25) is 0 Å². The average molecular weight is 367 g/mol. The summed E-state index contributed by atoms with van der Waals surface area (Å²) in [7, 11) is 0. The Labute approximate surface area is 102 Å². The van der Waals surface area contributed by atoms with Crippen molar-refractivity contribution >= 4 is 21.9 Å². The van der Waals surface area contributed by atoms with Gasteiger partial charge in [0.2, 0.25) is 0 Å². The van der Waals surface area contributed by atoms with Crippen LogP contribution in [0.15, 0.2) is 40.8 Å². The number of hydrogen-bond acceptors (Lipinski definition) is 1. The Bertz CT molecular complexity index is 610. The van der Waals surface area contributed by atoms with Gasteiger partial charge in [-0.1, -0.05) is 23.6 Å². The molecule has 2 aromatic carbocycles. The van der Waals surface area contributed by atoms with E-state index >= 15 is 0 Å². The summed E-state index contributed by atoms with van der Waals surface area (Å²) in [4.78, 5) is 0. The summed E-state index contributed by atoms with van der Waals surface area (Å²) in [6, 6.07) is 15.1. The van der Waals surface area contributed by atoms with Crippen molar-refractivity contribution in [3.05, 3.63) is 48.0 Å². The summed E-state index contributed by atoms with van der Waals surface area (Å²) in [5, 5.41) is 2.36. The van der Waals surface area contributed by atoms with Gasteiger partial charge in [-0.2, -0.15) is 18.2 Å². The second-order valence-electron chi connectivity index (χ2n) is 3.48. The molecule has 1 radical (unpaired) electrons. The van der Waals surface area contributed by atoms with Crippen LogP contribution in [0.4, 0.5) is 0 Å². The molecule has 15 heavy (non-hydrogen) atoms. The molecule has 0 aliphatic carbocycles. The third kappa shape index (κ3) is 1.51. The zero-order valence-corrected chi connectivity index (χ0v) is 11.0. The minimum absolute atomic E-state index is 0. The first-order valence-corrected chi connectivity index (χ1v) is 4.64. The van der Waals surface area contributed by atoms with E-state index < -0.39 is 0 Å². The molecule has 0 N–H and O–H groups in total. The van der Waals surface area contributed by atoms with E-state index in [4.69, 9.17) is 4.42 Å². The van der Waals surface area contributed by atoms with Crippen molar-refractivity contribution < 1.29 is 24.8 Å². The summed E-state index contributed by atoms with van der Waals surface area (Å²) < 4.78 is 5.75. The van der Waals surface area contributed by atoms with Gasteiger partial charge in [0, 0.05) is 31.4 Å².